The molecular formula is C36H30FN5O4S. The monoisotopic (exact) mass is 647 g/mol. The van der Waals surface area contributed by atoms with Crippen molar-refractivity contribution >= 4 is 51.9 Å². The number of halogens is 1. The maximum atomic E-state index is 14.3. The molecule has 3 amide bonds. The molecule has 0 radical (unpaired) electrons. The molecule has 1 unspecified atom stereocenters. The van der Waals surface area contributed by atoms with Gasteiger partial charge in [-0.25, -0.2) is 9.37 Å². The molecule has 11 heteroatoms. The summed E-state index contributed by atoms with van der Waals surface area (Å²) in [6.45, 7) is -0.593. The zero-order valence-corrected chi connectivity index (χ0v) is 26.4. The van der Waals surface area contributed by atoms with E-state index in [0.29, 0.717) is 27.6 Å². The molecule has 5 aromatic rings. The third-order valence-corrected chi connectivity index (χ3v) is 8.65. The van der Waals surface area contributed by atoms with Crippen LogP contribution in [0.15, 0.2) is 109 Å². The summed E-state index contributed by atoms with van der Waals surface area (Å²) in [6, 6.07) is 27.3. The fraction of sp³-hybridized carbons (Fsp3) is 0.139. The lowest BCUT2D eigenvalue weighted by Gasteiger charge is -2.32. The van der Waals surface area contributed by atoms with E-state index in [0.717, 1.165) is 16.2 Å². The van der Waals surface area contributed by atoms with Crippen molar-refractivity contribution in [2.24, 2.45) is 0 Å². The number of carbonyl (C=O) groups excluding carboxylic acids is 4. The highest BCUT2D eigenvalue weighted by atomic mass is 32.1. The van der Waals surface area contributed by atoms with Gasteiger partial charge >= 0.3 is 0 Å². The van der Waals surface area contributed by atoms with Crippen LogP contribution in [-0.2, 0) is 20.9 Å². The first-order chi connectivity index (χ1) is 22.7. The summed E-state index contributed by atoms with van der Waals surface area (Å²) in [5.74, 6) is -3.20. The van der Waals surface area contributed by atoms with Gasteiger partial charge in [0.1, 0.15) is 23.4 Å². The molecule has 0 saturated carbocycles. The Bertz CT molecular complexity index is 1940. The third-order valence-electron chi connectivity index (χ3n) is 7.82. The number of amides is 3. The molecule has 4 aromatic carbocycles. The van der Waals surface area contributed by atoms with Crippen molar-refractivity contribution in [3.05, 3.63) is 130 Å². The van der Waals surface area contributed by atoms with Crippen LogP contribution in [0.1, 0.15) is 27.0 Å². The molecule has 1 aromatic heterocycles. The Kier molecular flexibility index (Phi) is 8.90. The van der Waals surface area contributed by atoms with E-state index < -0.39 is 41.9 Å². The quantitative estimate of drug-likeness (QED) is 0.188. The second kappa shape index (κ2) is 13.4. The van der Waals surface area contributed by atoms with Crippen LogP contribution in [0.4, 0.5) is 21.5 Å². The van der Waals surface area contributed by atoms with Crippen molar-refractivity contribution in [3.63, 3.8) is 0 Å². The van der Waals surface area contributed by atoms with Gasteiger partial charge in [0.2, 0.25) is 5.91 Å². The Hall–Kier alpha value is -5.68. The molecule has 2 heterocycles. The number of thiazole rings is 1. The largest absolute Gasteiger partial charge is 0.378 e. The summed E-state index contributed by atoms with van der Waals surface area (Å²) >= 11 is 1.32. The number of hydrogen-bond donors (Lipinski definition) is 1. The number of Topliss-reactive ketones (excluding diaryl/α,β-unsaturated/α-hetero) is 1. The van der Waals surface area contributed by atoms with Gasteiger partial charge < -0.3 is 15.1 Å². The molecule has 0 saturated heterocycles. The molecule has 0 fully saturated rings. The number of benzene rings is 4. The number of aromatic nitrogens is 1. The molecule has 0 bridgehead atoms. The van der Waals surface area contributed by atoms with E-state index in [9.17, 15) is 23.6 Å². The Morgan fingerprint density at radius 2 is 1.57 bits per heavy atom. The van der Waals surface area contributed by atoms with Gasteiger partial charge in [0.05, 0.1) is 23.5 Å². The fourth-order valence-corrected chi connectivity index (χ4v) is 6.20. The third kappa shape index (κ3) is 6.66. The molecule has 1 atom stereocenters. The van der Waals surface area contributed by atoms with Crippen LogP contribution in [0.5, 0.6) is 0 Å². The van der Waals surface area contributed by atoms with Crippen molar-refractivity contribution in [3.8, 4) is 11.3 Å². The van der Waals surface area contributed by atoms with Gasteiger partial charge in [-0.1, -0.05) is 54.6 Å². The van der Waals surface area contributed by atoms with Crippen molar-refractivity contribution < 1.29 is 23.6 Å². The van der Waals surface area contributed by atoms with E-state index in [-0.39, 0.29) is 12.1 Å². The molecule has 9 nitrogen and oxygen atoms in total. The van der Waals surface area contributed by atoms with Crippen LogP contribution >= 0.6 is 11.3 Å². The molecule has 236 valence electrons. The number of carbonyl (C=O) groups is 4. The lowest BCUT2D eigenvalue weighted by Crippen LogP contribution is -2.46. The predicted octanol–water partition coefficient (Wildman–Crippen LogP) is 5.95. The van der Waals surface area contributed by atoms with Crippen LogP contribution in [0, 0.1) is 5.82 Å². The topological polar surface area (TPSA) is 103 Å². The number of anilines is 3. The summed E-state index contributed by atoms with van der Waals surface area (Å²) in [5.41, 5.74) is 3.90. The first kappa shape index (κ1) is 31.3. The minimum absolute atomic E-state index is 0.0943. The molecular weight excluding hydrogens is 617 g/mol. The number of para-hydroxylation sites is 1. The number of nitrogens with one attached hydrogen (secondary N) is 1. The standard InChI is InChI=1S/C36H30FN5O4S/c1-40(2)27-18-16-26(17-19-27)38-35(45)33(24-12-14-25(37)15-13-24)42(20-31-39-29(22-47-31)23-8-4-3-5-9-23)32(43)21-41-30-11-7-6-10-28(30)34(44)36(41)46/h3-19,22,33H,20-21H2,1-2H3,(H,38,45). The maximum absolute atomic E-state index is 14.3. The zero-order valence-electron chi connectivity index (χ0n) is 25.6. The second-order valence-corrected chi connectivity index (χ2v) is 12.1. The number of ketones is 1. The highest BCUT2D eigenvalue weighted by molar-refractivity contribution is 7.09. The summed E-state index contributed by atoms with van der Waals surface area (Å²) in [6.07, 6.45) is 0. The van der Waals surface area contributed by atoms with Crippen LogP contribution in [-0.4, -0.2) is 54.0 Å². The van der Waals surface area contributed by atoms with E-state index in [4.69, 9.17) is 4.98 Å². The second-order valence-electron chi connectivity index (χ2n) is 11.1. The molecule has 47 heavy (non-hydrogen) atoms. The molecule has 0 spiro atoms. The van der Waals surface area contributed by atoms with Gasteiger partial charge in [0, 0.05) is 36.4 Å². The minimum Gasteiger partial charge on any atom is -0.378 e. The summed E-state index contributed by atoms with van der Waals surface area (Å²) in [7, 11) is 3.81. The molecule has 0 aliphatic carbocycles. The Balaban J connectivity index is 1.38. The number of hydrogen-bond acceptors (Lipinski definition) is 7. The normalized spacial score (nSPS) is 12.9. The SMILES string of the molecule is CN(C)c1ccc(NC(=O)C(c2ccc(F)cc2)N(Cc2nc(-c3ccccc3)cs2)C(=O)CN2C(=O)C(=O)c3ccccc32)cc1. The zero-order chi connectivity index (χ0) is 33.1. The summed E-state index contributed by atoms with van der Waals surface area (Å²) in [4.78, 5) is 63.4. The molecule has 1 N–H and O–H groups in total. The van der Waals surface area contributed by atoms with Gasteiger partial charge in [0.15, 0.2) is 0 Å². The number of rotatable bonds is 10. The Morgan fingerprint density at radius 3 is 2.28 bits per heavy atom. The minimum atomic E-state index is -1.25. The van der Waals surface area contributed by atoms with E-state index in [1.54, 1.807) is 30.3 Å². The first-order valence-electron chi connectivity index (χ1n) is 14.8. The van der Waals surface area contributed by atoms with Gasteiger partial charge in [-0.3, -0.25) is 24.1 Å². The lowest BCUT2D eigenvalue weighted by atomic mass is 10.0. The summed E-state index contributed by atoms with van der Waals surface area (Å²) in [5, 5.41) is 5.31. The highest BCUT2D eigenvalue weighted by Crippen LogP contribution is 2.32. The van der Waals surface area contributed by atoms with Crippen LogP contribution in [0.25, 0.3) is 11.3 Å². The molecule has 1 aliphatic rings. The number of fused-ring (bicyclic) bond motifs is 1. The predicted molar refractivity (Wildman–Crippen MR) is 180 cm³/mol. The first-order valence-corrected chi connectivity index (χ1v) is 15.7. The van der Waals surface area contributed by atoms with Crippen molar-refractivity contribution in [2.75, 3.05) is 35.8 Å². The van der Waals surface area contributed by atoms with E-state index >= 15 is 0 Å². The Morgan fingerprint density at radius 1 is 0.894 bits per heavy atom. The van der Waals surface area contributed by atoms with Crippen LogP contribution in [0.2, 0.25) is 0 Å². The van der Waals surface area contributed by atoms with Crippen molar-refractivity contribution in [1.29, 1.82) is 0 Å². The summed E-state index contributed by atoms with van der Waals surface area (Å²) < 4.78 is 14.1. The van der Waals surface area contributed by atoms with Gasteiger partial charge in [-0.2, -0.15) is 0 Å². The molecule has 1 aliphatic heterocycles. The fourth-order valence-electron chi connectivity index (χ4n) is 5.40. The maximum Gasteiger partial charge on any atom is 0.299 e. The van der Waals surface area contributed by atoms with Gasteiger partial charge in [-0.05, 0) is 54.1 Å². The highest BCUT2D eigenvalue weighted by Gasteiger charge is 2.39. The average molecular weight is 648 g/mol. The van der Waals surface area contributed by atoms with Gasteiger partial charge in [0.25, 0.3) is 17.6 Å². The smallest absolute Gasteiger partial charge is 0.299 e. The average Bonchev–Trinajstić information content (AvgIpc) is 3.65. The van der Waals surface area contributed by atoms with Crippen LogP contribution < -0.4 is 15.1 Å². The van der Waals surface area contributed by atoms with E-state index in [2.05, 4.69) is 5.32 Å². The van der Waals surface area contributed by atoms with Gasteiger partial charge in [-0.15, -0.1) is 11.3 Å². The van der Waals surface area contributed by atoms with Crippen LogP contribution in [0.3, 0.4) is 0 Å². The molecule has 6 rings (SSSR count). The van der Waals surface area contributed by atoms with Crippen molar-refractivity contribution in [2.45, 2.75) is 12.6 Å². The number of nitrogens with zero attached hydrogens (tertiary/aromatic N) is 4. The van der Waals surface area contributed by atoms with E-state index in [1.807, 2.05) is 66.8 Å². The Labute approximate surface area is 274 Å². The van der Waals surface area contributed by atoms with E-state index in [1.165, 1.54) is 46.6 Å². The van der Waals surface area contributed by atoms with Crippen molar-refractivity contribution in [1.82, 2.24) is 9.88 Å². The lowest BCUT2D eigenvalue weighted by molar-refractivity contribution is -0.139.